The van der Waals surface area contributed by atoms with Crippen LogP contribution in [-0.2, 0) is 0 Å². The molecule has 0 saturated heterocycles. The quantitative estimate of drug-likeness (QED) is 0.831. The van der Waals surface area contributed by atoms with E-state index in [-0.39, 0.29) is 6.15 Å². The van der Waals surface area contributed by atoms with Gasteiger partial charge in [0.1, 0.15) is 0 Å². The van der Waals surface area contributed by atoms with Crippen molar-refractivity contribution in [2.24, 2.45) is 0 Å². The molecule has 2 aromatic rings. The van der Waals surface area contributed by atoms with Gasteiger partial charge >= 0.3 is 5.97 Å². The lowest BCUT2D eigenvalue weighted by atomic mass is 10.00. The average molecular weight is 212 g/mol. The van der Waals surface area contributed by atoms with Crippen molar-refractivity contribution in [3.63, 3.8) is 0 Å². The predicted molar refractivity (Wildman–Crippen MR) is 61.0 cm³/mol. The van der Waals surface area contributed by atoms with Gasteiger partial charge in [-0.25, -0.2) is 4.79 Å². The maximum Gasteiger partial charge on any atom is 0.336 e. The highest BCUT2D eigenvalue weighted by Crippen LogP contribution is 2.22. The summed E-state index contributed by atoms with van der Waals surface area (Å²) < 4.78 is 0. The van der Waals surface area contributed by atoms with E-state index in [9.17, 15) is 4.79 Å². The number of rotatable bonds is 2. The summed E-state index contributed by atoms with van der Waals surface area (Å²) in [5, 5.41) is 9.03. The molecule has 0 aliphatic heterocycles. The molecule has 1 N–H and O–H groups in total. The third kappa shape index (κ3) is 2.27. The van der Waals surface area contributed by atoms with Gasteiger partial charge < -0.3 is 5.11 Å². The van der Waals surface area contributed by atoms with E-state index in [1.54, 1.807) is 12.1 Å². The number of benzene rings is 2. The first kappa shape index (κ1) is 11.9. The van der Waals surface area contributed by atoms with Crippen LogP contribution in [0.2, 0.25) is 0 Å². The van der Waals surface area contributed by atoms with Crippen LogP contribution in [0, 0.1) is 0 Å². The van der Waals surface area contributed by atoms with Crippen molar-refractivity contribution in [3.05, 3.63) is 60.2 Å². The lowest BCUT2D eigenvalue weighted by molar-refractivity contribution is 0.0697. The molecule has 3 heteroatoms. The van der Waals surface area contributed by atoms with Gasteiger partial charge in [-0.15, -0.1) is 0 Å². The van der Waals surface area contributed by atoms with Crippen molar-refractivity contribution in [1.29, 1.82) is 0 Å². The molecule has 0 heterocycles. The van der Waals surface area contributed by atoms with Crippen molar-refractivity contribution in [1.82, 2.24) is 6.15 Å². The second-order valence-corrected chi connectivity index (χ2v) is 3.22. The maximum atomic E-state index is 11.0. The van der Waals surface area contributed by atoms with Gasteiger partial charge in [-0.05, 0) is 17.2 Å². The highest BCUT2D eigenvalue weighted by atomic mass is 16.4. The zero-order valence-electron chi connectivity index (χ0n) is 8.50. The lowest BCUT2D eigenvalue weighted by Crippen LogP contribution is -1.98. The average Bonchev–Trinajstić information content (AvgIpc) is 2.30. The van der Waals surface area contributed by atoms with E-state index < -0.39 is 5.97 Å². The first-order chi connectivity index (χ1) is 7.29. The Bertz CT molecular complexity index is 480. The van der Waals surface area contributed by atoms with Crippen molar-refractivity contribution in [2.75, 3.05) is 0 Å². The predicted octanol–water partition coefficient (Wildman–Crippen LogP) is 2.57. The number of carboxylic acid groups (broad SMARTS) is 1. The van der Waals surface area contributed by atoms with Crippen molar-refractivity contribution < 1.29 is 9.90 Å². The van der Waals surface area contributed by atoms with Gasteiger partial charge in [0.05, 0.1) is 5.56 Å². The molecule has 0 saturated carbocycles. The van der Waals surface area contributed by atoms with Gasteiger partial charge in [-0.1, -0.05) is 48.5 Å². The molecule has 0 bridgehead atoms. The summed E-state index contributed by atoms with van der Waals surface area (Å²) in [5.41, 5.74) is 2.02. The van der Waals surface area contributed by atoms with Gasteiger partial charge in [0.25, 0.3) is 0 Å². The molecule has 0 unspecified atom stereocenters. The Morgan fingerprint density at radius 2 is 1.44 bits per heavy atom. The number of carbonyl (C=O) groups is 1. The van der Waals surface area contributed by atoms with Crippen LogP contribution in [0.1, 0.15) is 10.4 Å². The Balaban J connectivity index is 0.00000128. The molecular formula is C13H10NO2. The van der Waals surface area contributed by atoms with E-state index in [2.05, 4.69) is 0 Å². The maximum absolute atomic E-state index is 11.0. The largest absolute Gasteiger partial charge is 0.478 e. The zero-order chi connectivity index (χ0) is 10.7. The molecule has 2 aromatic carbocycles. The number of hydrogen-bond donors (Lipinski definition) is 1. The highest BCUT2D eigenvalue weighted by Gasteiger charge is 2.09. The standard InChI is InChI=1S/C13H10O2.N/c14-13(15)12-9-5-4-8-11(12)10-6-2-1-3-7-10;/h1-9H,(H,14,15);. The van der Waals surface area contributed by atoms with E-state index in [1.165, 1.54) is 0 Å². The number of carboxylic acids is 1. The normalized spacial score (nSPS) is 9.25. The number of hydrogen-bond acceptors (Lipinski definition) is 1. The van der Waals surface area contributed by atoms with Crippen LogP contribution in [0.3, 0.4) is 0 Å². The summed E-state index contributed by atoms with van der Waals surface area (Å²) in [6, 6.07) is 16.5. The Morgan fingerprint density at radius 3 is 2.06 bits per heavy atom. The lowest BCUT2D eigenvalue weighted by Gasteiger charge is -2.05. The number of aromatic carboxylic acids is 1. The molecule has 3 radical (unpaired) electrons. The van der Waals surface area contributed by atoms with E-state index >= 15 is 0 Å². The molecule has 0 aromatic heterocycles. The molecule has 2 rings (SSSR count). The van der Waals surface area contributed by atoms with Crippen molar-refractivity contribution >= 4 is 5.97 Å². The third-order valence-corrected chi connectivity index (χ3v) is 2.24. The van der Waals surface area contributed by atoms with Crippen LogP contribution >= 0.6 is 0 Å². The van der Waals surface area contributed by atoms with Crippen molar-refractivity contribution in [3.8, 4) is 11.1 Å². The monoisotopic (exact) mass is 212 g/mol. The van der Waals surface area contributed by atoms with E-state index in [4.69, 9.17) is 5.11 Å². The first-order valence-electron chi connectivity index (χ1n) is 4.67. The van der Waals surface area contributed by atoms with Crippen LogP contribution in [-0.4, -0.2) is 11.1 Å². The molecule has 0 fully saturated rings. The smallest absolute Gasteiger partial charge is 0.336 e. The molecule has 0 atom stereocenters. The van der Waals surface area contributed by atoms with Crippen LogP contribution in [0.5, 0.6) is 0 Å². The Hall–Kier alpha value is -2.13. The highest BCUT2D eigenvalue weighted by molar-refractivity contribution is 5.95. The number of nitrogens with zero attached hydrogens (tertiary/aromatic N) is 1. The second kappa shape index (κ2) is 5.09. The van der Waals surface area contributed by atoms with Gasteiger partial charge in [-0.3, -0.25) is 0 Å². The fourth-order valence-electron chi connectivity index (χ4n) is 1.54. The van der Waals surface area contributed by atoms with Gasteiger partial charge in [-0.2, -0.15) is 0 Å². The Kier molecular flexibility index (Phi) is 3.80. The van der Waals surface area contributed by atoms with E-state index in [0.717, 1.165) is 11.1 Å². The van der Waals surface area contributed by atoms with Crippen molar-refractivity contribution in [2.45, 2.75) is 0 Å². The topological polar surface area (TPSA) is 67.8 Å². The molecule has 0 aliphatic carbocycles. The van der Waals surface area contributed by atoms with Crippen LogP contribution in [0.15, 0.2) is 54.6 Å². The van der Waals surface area contributed by atoms with Crippen LogP contribution in [0.25, 0.3) is 11.1 Å². The minimum Gasteiger partial charge on any atom is -0.478 e. The van der Waals surface area contributed by atoms with Gasteiger partial charge in [0.15, 0.2) is 0 Å². The van der Waals surface area contributed by atoms with E-state index in [1.807, 2.05) is 42.5 Å². The first-order valence-corrected chi connectivity index (χ1v) is 4.67. The molecule has 0 aliphatic rings. The van der Waals surface area contributed by atoms with Gasteiger partial charge in [0, 0.05) is 6.15 Å². The zero-order valence-corrected chi connectivity index (χ0v) is 8.50. The SMILES string of the molecule is O=C(O)c1ccccc1-c1ccccc1.[N]. The molecule has 0 spiro atoms. The summed E-state index contributed by atoms with van der Waals surface area (Å²) >= 11 is 0. The summed E-state index contributed by atoms with van der Waals surface area (Å²) in [6.07, 6.45) is 0. The van der Waals surface area contributed by atoms with Gasteiger partial charge in [0.2, 0.25) is 0 Å². The minimum absolute atomic E-state index is 0. The summed E-state index contributed by atoms with van der Waals surface area (Å²) in [5.74, 6) is -0.894. The summed E-state index contributed by atoms with van der Waals surface area (Å²) in [7, 11) is 0. The van der Waals surface area contributed by atoms with E-state index in [0.29, 0.717) is 5.56 Å². The molecule has 16 heavy (non-hydrogen) atoms. The molecular weight excluding hydrogens is 202 g/mol. The molecule has 0 amide bonds. The minimum atomic E-state index is -0.894. The molecule has 3 nitrogen and oxygen atoms in total. The summed E-state index contributed by atoms with van der Waals surface area (Å²) in [4.78, 5) is 11.0. The third-order valence-electron chi connectivity index (χ3n) is 2.24. The van der Waals surface area contributed by atoms with Crippen LogP contribution < -0.4 is 6.15 Å². The summed E-state index contributed by atoms with van der Waals surface area (Å²) in [6.45, 7) is 0. The van der Waals surface area contributed by atoms with Crippen LogP contribution in [0.4, 0.5) is 0 Å². The fraction of sp³-hybridized carbons (Fsp3) is 0. The Morgan fingerprint density at radius 1 is 0.875 bits per heavy atom. The molecule has 79 valence electrons. The Labute approximate surface area is 93.9 Å². The second-order valence-electron chi connectivity index (χ2n) is 3.22. The fourth-order valence-corrected chi connectivity index (χ4v) is 1.54.